The summed E-state index contributed by atoms with van der Waals surface area (Å²) in [5.41, 5.74) is 0.581. The van der Waals surface area contributed by atoms with E-state index in [1.54, 1.807) is 0 Å². The van der Waals surface area contributed by atoms with Crippen molar-refractivity contribution < 1.29 is 4.48 Å². The zero-order chi connectivity index (χ0) is 9.69. The van der Waals surface area contributed by atoms with Crippen molar-refractivity contribution >= 4 is 0 Å². The highest BCUT2D eigenvalue weighted by Gasteiger charge is 2.47. The molecule has 0 aromatic heterocycles. The molecule has 0 unspecified atom stereocenters. The first-order valence-electron chi connectivity index (χ1n) is 5.38. The third-order valence-electron chi connectivity index (χ3n) is 3.63. The molecule has 0 spiro atoms. The summed E-state index contributed by atoms with van der Waals surface area (Å²) in [4.78, 5) is 0. The van der Waals surface area contributed by atoms with E-state index in [1.165, 1.54) is 19.4 Å². The number of nitrogens with zero attached hydrogens (tertiary/aromatic N) is 1. The van der Waals surface area contributed by atoms with Gasteiger partial charge >= 0.3 is 0 Å². The lowest BCUT2D eigenvalue weighted by molar-refractivity contribution is -0.877. The minimum absolute atomic E-state index is 0.581. The highest BCUT2D eigenvalue weighted by molar-refractivity contribution is 5.14. The Kier molecular flexibility index (Phi) is 1.85. The molecule has 0 saturated heterocycles. The Morgan fingerprint density at radius 2 is 2.00 bits per heavy atom. The summed E-state index contributed by atoms with van der Waals surface area (Å²) in [5, 5.41) is 0. The van der Waals surface area contributed by atoms with Crippen molar-refractivity contribution in [2.75, 3.05) is 27.7 Å². The van der Waals surface area contributed by atoms with Gasteiger partial charge in [-0.3, -0.25) is 0 Å². The van der Waals surface area contributed by atoms with Gasteiger partial charge in [-0.05, 0) is 24.7 Å². The Morgan fingerprint density at radius 1 is 1.31 bits per heavy atom. The number of rotatable bonds is 2. The molecule has 1 heteroatoms. The van der Waals surface area contributed by atoms with E-state index < -0.39 is 0 Å². The molecule has 1 fully saturated rings. The Labute approximate surface area is 82.0 Å². The van der Waals surface area contributed by atoms with Crippen molar-refractivity contribution in [3.05, 3.63) is 12.2 Å². The molecule has 74 valence electrons. The molecule has 2 rings (SSSR count). The van der Waals surface area contributed by atoms with Gasteiger partial charge in [-0.15, -0.1) is 0 Å². The Bertz CT molecular complexity index is 236. The molecule has 1 saturated carbocycles. The van der Waals surface area contributed by atoms with E-state index >= 15 is 0 Å². The van der Waals surface area contributed by atoms with Gasteiger partial charge in [-0.2, -0.15) is 0 Å². The van der Waals surface area contributed by atoms with E-state index in [0.29, 0.717) is 5.41 Å². The van der Waals surface area contributed by atoms with E-state index in [9.17, 15) is 0 Å². The number of hydrogen-bond acceptors (Lipinski definition) is 0. The SMILES string of the molecule is C[C@]1(C[N+](C)(C)C)C[C@H]2C=C[C@H]1C2. The lowest BCUT2D eigenvalue weighted by Gasteiger charge is -2.38. The van der Waals surface area contributed by atoms with Crippen LogP contribution in [-0.4, -0.2) is 32.2 Å². The van der Waals surface area contributed by atoms with Crippen molar-refractivity contribution in [2.45, 2.75) is 19.8 Å². The minimum Gasteiger partial charge on any atom is -0.330 e. The van der Waals surface area contributed by atoms with Crippen LogP contribution < -0.4 is 0 Å². The maximum Gasteiger partial charge on any atom is 0.0840 e. The van der Waals surface area contributed by atoms with Crippen LogP contribution >= 0.6 is 0 Å². The highest BCUT2D eigenvalue weighted by atomic mass is 15.3. The average molecular weight is 180 g/mol. The topological polar surface area (TPSA) is 0 Å². The summed E-state index contributed by atoms with van der Waals surface area (Å²) in [6.45, 7) is 3.79. The third kappa shape index (κ3) is 1.67. The molecule has 0 aromatic carbocycles. The van der Waals surface area contributed by atoms with Crippen LogP contribution in [0.2, 0.25) is 0 Å². The van der Waals surface area contributed by atoms with Crippen molar-refractivity contribution in [2.24, 2.45) is 17.3 Å². The predicted octanol–water partition coefficient (Wildman–Crippen LogP) is 2.29. The lowest BCUT2D eigenvalue weighted by Crippen LogP contribution is -2.45. The van der Waals surface area contributed by atoms with Gasteiger partial charge in [0, 0.05) is 5.41 Å². The largest absolute Gasteiger partial charge is 0.330 e. The van der Waals surface area contributed by atoms with Gasteiger partial charge in [-0.25, -0.2) is 0 Å². The van der Waals surface area contributed by atoms with Gasteiger partial charge in [-0.1, -0.05) is 19.1 Å². The summed E-state index contributed by atoms with van der Waals surface area (Å²) in [5.74, 6) is 1.77. The molecule has 0 amide bonds. The first-order chi connectivity index (χ1) is 5.89. The van der Waals surface area contributed by atoms with Crippen LogP contribution in [0.3, 0.4) is 0 Å². The van der Waals surface area contributed by atoms with Crippen molar-refractivity contribution in [1.82, 2.24) is 0 Å². The molecule has 3 atom stereocenters. The van der Waals surface area contributed by atoms with Gasteiger partial charge in [0.15, 0.2) is 0 Å². The van der Waals surface area contributed by atoms with Gasteiger partial charge in [0.2, 0.25) is 0 Å². The average Bonchev–Trinajstić information content (AvgIpc) is 2.39. The summed E-state index contributed by atoms with van der Waals surface area (Å²) in [6.07, 6.45) is 7.74. The second-order valence-electron chi connectivity index (χ2n) is 6.29. The van der Waals surface area contributed by atoms with E-state index in [0.717, 1.165) is 16.3 Å². The summed E-state index contributed by atoms with van der Waals surface area (Å²) >= 11 is 0. The standard InChI is InChI=1S/C12H22N/c1-12(9-13(2,3)4)8-10-5-6-11(12)7-10/h5-6,10-11H,7-9H2,1-4H3/q+1/t10-,11-,12+/m0/s1. The van der Waals surface area contributed by atoms with Crippen LogP contribution in [-0.2, 0) is 0 Å². The summed E-state index contributed by atoms with van der Waals surface area (Å²) in [7, 11) is 6.92. The molecule has 13 heavy (non-hydrogen) atoms. The normalized spacial score (nSPS) is 43.1. The molecule has 0 N–H and O–H groups in total. The molecular weight excluding hydrogens is 158 g/mol. The van der Waals surface area contributed by atoms with E-state index in [4.69, 9.17) is 0 Å². The van der Waals surface area contributed by atoms with E-state index in [1.807, 2.05) is 0 Å². The number of allylic oxidation sites excluding steroid dienone is 2. The first kappa shape index (κ1) is 9.26. The maximum absolute atomic E-state index is 2.48. The fourth-order valence-electron chi connectivity index (χ4n) is 3.46. The van der Waals surface area contributed by atoms with Crippen LogP contribution in [0.4, 0.5) is 0 Å². The smallest absolute Gasteiger partial charge is 0.0840 e. The summed E-state index contributed by atoms with van der Waals surface area (Å²) in [6, 6.07) is 0. The van der Waals surface area contributed by atoms with Gasteiger partial charge in [0.1, 0.15) is 0 Å². The molecule has 1 nitrogen and oxygen atoms in total. The maximum atomic E-state index is 2.48. The minimum atomic E-state index is 0.581. The highest BCUT2D eigenvalue weighted by Crippen LogP contribution is 2.52. The zero-order valence-electron chi connectivity index (χ0n) is 9.38. The molecule has 0 aliphatic heterocycles. The van der Waals surface area contributed by atoms with Gasteiger partial charge in [0.25, 0.3) is 0 Å². The van der Waals surface area contributed by atoms with E-state index in [2.05, 4.69) is 40.2 Å². The molecule has 0 radical (unpaired) electrons. The van der Waals surface area contributed by atoms with Crippen LogP contribution in [0.15, 0.2) is 12.2 Å². The number of hydrogen-bond donors (Lipinski definition) is 0. The van der Waals surface area contributed by atoms with Crippen LogP contribution in [0, 0.1) is 17.3 Å². The zero-order valence-corrected chi connectivity index (χ0v) is 9.38. The molecule has 0 heterocycles. The Hall–Kier alpha value is -0.300. The van der Waals surface area contributed by atoms with Crippen molar-refractivity contribution in [1.29, 1.82) is 0 Å². The van der Waals surface area contributed by atoms with Crippen molar-refractivity contribution in [3.8, 4) is 0 Å². The second-order valence-corrected chi connectivity index (χ2v) is 6.29. The van der Waals surface area contributed by atoms with E-state index in [-0.39, 0.29) is 0 Å². The molecule has 2 aliphatic carbocycles. The number of quaternary nitrogens is 1. The Morgan fingerprint density at radius 3 is 2.38 bits per heavy atom. The lowest BCUT2D eigenvalue weighted by atomic mass is 9.77. The fourth-order valence-corrected chi connectivity index (χ4v) is 3.46. The fraction of sp³-hybridized carbons (Fsp3) is 0.833. The quantitative estimate of drug-likeness (QED) is 0.452. The molecular formula is C12H22N+. The van der Waals surface area contributed by atoms with Crippen LogP contribution in [0.1, 0.15) is 19.8 Å². The van der Waals surface area contributed by atoms with Crippen LogP contribution in [0.25, 0.3) is 0 Å². The number of fused-ring (bicyclic) bond motifs is 2. The van der Waals surface area contributed by atoms with Crippen molar-refractivity contribution in [3.63, 3.8) is 0 Å². The predicted molar refractivity (Wildman–Crippen MR) is 56.4 cm³/mol. The summed E-state index contributed by atoms with van der Waals surface area (Å²) < 4.78 is 1.10. The first-order valence-corrected chi connectivity index (χ1v) is 5.38. The third-order valence-corrected chi connectivity index (χ3v) is 3.63. The second kappa shape index (κ2) is 2.60. The van der Waals surface area contributed by atoms with Gasteiger partial charge in [0.05, 0.1) is 27.7 Å². The molecule has 2 aliphatic rings. The monoisotopic (exact) mass is 180 g/mol. The van der Waals surface area contributed by atoms with Gasteiger partial charge < -0.3 is 4.48 Å². The molecule has 0 aromatic rings. The molecule has 2 bridgehead atoms. The Balaban J connectivity index is 2.10. The van der Waals surface area contributed by atoms with Crippen LogP contribution in [0.5, 0.6) is 0 Å².